The number of hydrogen-bond acceptors (Lipinski definition) is 4. The molecule has 2 rings (SSSR count). The zero-order valence-electron chi connectivity index (χ0n) is 9.42. The van der Waals surface area contributed by atoms with Crippen LogP contribution in [0.2, 0.25) is 0 Å². The van der Waals surface area contributed by atoms with Gasteiger partial charge in [0.15, 0.2) is 0 Å². The summed E-state index contributed by atoms with van der Waals surface area (Å²) in [6, 6.07) is 7.48. The second kappa shape index (κ2) is 4.92. The minimum atomic E-state index is 0.300. The van der Waals surface area contributed by atoms with E-state index in [2.05, 4.69) is 15.4 Å². The molecule has 0 saturated carbocycles. The first-order chi connectivity index (χ1) is 8.16. The maximum Gasteiger partial charge on any atom is 0.127 e. The smallest absolute Gasteiger partial charge is 0.127 e. The van der Waals surface area contributed by atoms with Crippen LogP contribution in [0, 0.1) is 0 Å². The van der Waals surface area contributed by atoms with Crippen LogP contribution in [0.5, 0.6) is 0 Å². The van der Waals surface area contributed by atoms with E-state index in [1.54, 1.807) is 12.3 Å². The minimum Gasteiger partial charge on any atom is -0.388 e. The number of nitrogens with one attached hydrogen (secondary N) is 1. The fourth-order valence-electron chi connectivity index (χ4n) is 1.43. The van der Waals surface area contributed by atoms with E-state index in [1.165, 1.54) is 0 Å². The van der Waals surface area contributed by atoms with Gasteiger partial charge in [0.2, 0.25) is 0 Å². The molecule has 0 fully saturated rings. The largest absolute Gasteiger partial charge is 0.388 e. The van der Waals surface area contributed by atoms with Crippen LogP contribution in [-0.2, 0) is 13.6 Å². The van der Waals surface area contributed by atoms with Gasteiger partial charge in [-0.25, -0.2) is 4.98 Å². The molecule has 0 aromatic carbocycles. The summed E-state index contributed by atoms with van der Waals surface area (Å²) in [4.78, 5) is 4.59. The molecule has 0 aliphatic carbocycles. The summed E-state index contributed by atoms with van der Waals surface area (Å²) in [5.41, 5.74) is 7.22. The molecule has 0 bridgehead atoms. The second-order valence-electron chi connectivity index (χ2n) is 3.57. The standard InChI is InChI=1S/C11H13N5S/c1-16-8(5-6-14-16)7-13-10-4-2-3-9(15-10)11(12)17/h2-6H,7H2,1H3,(H2,12,17)(H,13,15). The zero-order valence-corrected chi connectivity index (χ0v) is 10.2. The molecule has 0 aliphatic rings. The first kappa shape index (κ1) is 11.5. The first-order valence-corrected chi connectivity index (χ1v) is 5.55. The number of anilines is 1. The summed E-state index contributed by atoms with van der Waals surface area (Å²) >= 11 is 4.88. The Morgan fingerprint density at radius 2 is 2.29 bits per heavy atom. The normalized spacial score (nSPS) is 10.2. The molecule has 17 heavy (non-hydrogen) atoms. The molecule has 0 radical (unpaired) electrons. The minimum absolute atomic E-state index is 0.300. The van der Waals surface area contributed by atoms with Crippen molar-refractivity contribution in [1.29, 1.82) is 0 Å². The van der Waals surface area contributed by atoms with Gasteiger partial charge >= 0.3 is 0 Å². The average Bonchev–Trinajstić information content (AvgIpc) is 2.72. The highest BCUT2D eigenvalue weighted by molar-refractivity contribution is 7.80. The number of nitrogens with zero attached hydrogens (tertiary/aromatic N) is 3. The van der Waals surface area contributed by atoms with Gasteiger partial charge in [-0.2, -0.15) is 5.10 Å². The van der Waals surface area contributed by atoms with Crippen LogP contribution in [0.1, 0.15) is 11.4 Å². The molecule has 3 N–H and O–H groups in total. The van der Waals surface area contributed by atoms with E-state index < -0.39 is 0 Å². The van der Waals surface area contributed by atoms with Gasteiger partial charge in [-0.1, -0.05) is 18.3 Å². The molecule has 6 heteroatoms. The predicted octanol–water partition coefficient (Wildman–Crippen LogP) is 1.06. The van der Waals surface area contributed by atoms with E-state index in [0.717, 1.165) is 11.5 Å². The van der Waals surface area contributed by atoms with Crippen LogP contribution in [0.3, 0.4) is 0 Å². The van der Waals surface area contributed by atoms with Crippen molar-refractivity contribution < 1.29 is 0 Å². The molecule has 88 valence electrons. The summed E-state index contributed by atoms with van der Waals surface area (Å²) < 4.78 is 1.81. The number of pyridine rings is 1. The van der Waals surface area contributed by atoms with E-state index in [4.69, 9.17) is 18.0 Å². The van der Waals surface area contributed by atoms with E-state index >= 15 is 0 Å². The average molecular weight is 247 g/mol. The number of thiocarbonyl (C=S) groups is 1. The quantitative estimate of drug-likeness (QED) is 0.791. The van der Waals surface area contributed by atoms with E-state index in [-0.39, 0.29) is 0 Å². The lowest BCUT2D eigenvalue weighted by Crippen LogP contribution is -2.13. The molecule has 5 nitrogen and oxygen atoms in total. The Kier molecular flexibility index (Phi) is 3.34. The van der Waals surface area contributed by atoms with Gasteiger partial charge in [0.05, 0.1) is 17.9 Å². The highest BCUT2D eigenvalue weighted by Gasteiger charge is 2.01. The zero-order chi connectivity index (χ0) is 12.3. The Balaban J connectivity index is 2.07. The maximum atomic E-state index is 5.52. The van der Waals surface area contributed by atoms with Crippen molar-refractivity contribution in [3.8, 4) is 0 Å². The van der Waals surface area contributed by atoms with Crippen molar-refractivity contribution in [2.24, 2.45) is 12.8 Å². The third kappa shape index (κ3) is 2.79. The molecule has 0 atom stereocenters. The molecular weight excluding hydrogens is 234 g/mol. The van der Waals surface area contributed by atoms with Crippen molar-refractivity contribution in [2.75, 3.05) is 5.32 Å². The fourth-order valence-corrected chi connectivity index (χ4v) is 1.54. The molecule has 2 heterocycles. The van der Waals surface area contributed by atoms with E-state index in [0.29, 0.717) is 17.2 Å². The molecule has 0 unspecified atom stereocenters. The molecular formula is C11H13N5S. The summed E-state index contributed by atoms with van der Waals surface area (Å²) in [5.74, 6) is 0.747. The monoisotopic (exact) mass is 247 g/mol. The van der Waals surface area contributed by atoms with Gasteiger partial charge in [0.25, 0.3) is 0 Å². The van der Waals surface area contributed by atoms with Crippen molar-refractivity contribution in [2.45, 2.75) is 6.54 Å². The van der Waals surface area contributed by atoms with Crippen LogP contribution in [0.25, 0.3) is 0 Å². The van der Waals surface area contributed by atoms with Gasteiger partial charge in [-0.3, -0.25) is 4.68 Å². The highest BCUT2D eigenvalue weighted by atomic mass is 32.1. The summed E-state index contributed by atoms with van der Waals surface area (Å²) in [7, 11) is 1.90. The van der Waals surface area contributed by atoms with Crippen LogP contribution < -0.4 is 11.1 Å². The molecule has 0 amide bonds. The van der Waals surface area contributed by atoms with Crippen molar-refractivity contribution >= 4 is 23.0 Å². The Morgan fingerprint density at radius 1 is 1.47 bits per heavy atom. The second-order valence-corrected chi connectivity index (χ2v) is 4.01. The molecule has 2 aromatic rings. The lowest BCUT2D eigenvalue weighted by Gasteiger charge is -2.07. The number of nitrogens with two attached hydrogens (primary N) is 1. The van der Waals surface area contributed by atoms with Crippen LogP contribution in [0.4, 0.5) is 5.82 Å². The van der Waals surface area contributed by atoms with Gasteiger partial charge in [0, 0.05) is 13.2 Å². The maximum absolute atomic E-state index is 5.52. The number of hydrogen-bond donors (Lipinski definition) is 2. The molecule has 0 aliphatic heterocycles. The van der Waals surface area contributed by atoms with Crippen molar-refractivity contribution in [3.63, 3.8) is 0 Å². The number of aromatic nitrogens is 3. The third-order valence-electron chi connectivity index (χ3n) is 2.37. The molecule has 0 saturated heterocycles. The van der Waals surface area contributed by atoms with Gasteiger partial charge < -0.3 is 11.1 Å². The summed E-state index contributed by atoms with van der Waals surface area (Å²) in [6.45, 7) is 0.657. The SMILES string of the molecule is Cn1nccc1CNc1cccc(C(N)=S)n1. The lowest BCUT2D eigenvalue weighted by molar-refractivity contribution is 0.720. The Morgan fingerprint density at radius 3 is 2.94 bits per heavy atom. The Labute approximate surface area is 105 Å². The topological polar surface area (TPSA) is 68.8 Å². The summed E-state index contributed by atoms with van der Waals surface area (Å²) in [6.07, 6.45) is 1.76. The van der Waals surface area contributed by atoms with Crippen molar-refractivity contribution in [1.82, 2.24) is 14.8 Å². The first-order valence-electron chi connectivity index (χ1n) is 5.14. The molecule has 0 spiro atoms. The third-order valence-corrected chi connectivity index (χ3v) is 2.58. The van der Waals surface area contributed by atoms with Gasteiger partial charge in [0.1, 0.15) is 10.8 Å². The van der Waals surface area contributed by atoms with Gasteiger partial charge in [-0.05, 0) is 18.2 Å². The van der Waals surface area contributed by atoms with E-state index in [9.17, 15) is 0 Å². The number of aryl methyl sites for hydroxylation is 1. The van der Waals surface area contributed by atoms with Crippen molar-refractivity contribution in [3.05, 3.63) is 41.9 Å². The van der Waals surface area contributed by atoms with Crippen LogP contribution in [-0.4, -0.2) is 19.8 Å². The Hall–Kier alpha value is -1.95. The fraction of sp³-hybridized carbons (Fsp3) is 0.182. The lowest BCUT2D eigenvalue weighted by atomic mass is 10.3. The highest BCUT2D eigenvalue weighted by Crippen LogP contribution is 2.07. The number of rotatable bonds is 4. The Bertz CT molecular complexity index is 534. The molecule has 2 aromatic heterocycles. The van der Waals surface area contributed by atoms with Crippen LogP contribution in [0.15, 0.2) is 30.5 Å². The van der Waals surface area contributed by atoms with Gasteiger partial charge in [-0.15, -0.1) is 0 Å². The summed E-state index contributed by atoms with van der Waals surface area (Å²) in [5, 5.41) is 7.29. The predicted molar refractivity (Wildman–Crippen MR) is 70.7 cm³/mol. The van der Waals surface area contributed by atoms with Crippen LogP contribution >= 0.6 is 12.2 Å². The van der Waals surface area contributed by atoms with E-state index in [1.807, 2.05) is 29.9 Å².